The first kappa shape index (κ1) is 32.8. The third kappa shape index (κ3) is 4.60. The fraction of sp³-hybridized carbons (Fsp3) is 0.564. The van der Waals surface area contributed by atoms with Crippen LogP contribution in [0.15, 0.2) is 71.1 Å². The zero-order valence-corrected chi connectivity index (χ0v) is 28.5. The number of hydrogen-bond acceptors (Lipinski definition) is 9. The van der Waals surface area contributed by atoms with Crippen molar-refractivity contribution in [2.75, 3.05) is 6.61 Å². The molecule has 1 N–H and O–H groups in total. The quantitative estimate of drug-likeness (QED) is 0.172. The molecule has 9 heteroatoms. The molecule has 12 atom stereocenters. The minimum atomic E-state index is -0.917. The van der Waals surface area contributed by atoms with Crippen LogP contribution in [0.3, 0.4) is 0 Å². The van der Waals surface area contributed by atoms with Crippen LogP contribution in [0.5, 0.6) is 0 Å². The number of hydrogen-bond donors (Lipinski definition) is 1. The Morgan fingerprint density at radius 3 is 2.27 bits per heavy atom. The van der Waals surface area contributed by atoms with Gasteiger partial charge in [-0.25, -0.2) is 4.79 Å². The zero-order chi connectivity index (χ0) is 34.2. The van der Waals surface area contributed by atoms with E-state index in [1.54, 1.807) is 18.6 Å². The fourth-order valence-corrected chi connectivity index (χ4v) is 11.2. The molecule has 7 rings (SSSR count). The third-order valence-corrected chi connectivity index (χ3v) is 13.1. The Morgan fingerprint density at radius 1 is 0.896 bits per heavy atom. The number of fused-ring (bicyclic) bond motifs is 4. The Hall–Kier alpha value is -3.69. The molecule has 9 nitrogen and oxygen atoms in total. The predicted molar refractivity (Wildman–Crippen MR) is 175 cm³/mol. The van der Waals surface area contributed by atoms with Crippen LogP contribution < -0.4 is 0 Å². The SMILES string of the molecule is CC(=O)O[C@H]1C[C@@H](OC(C)=O)[C@@]2(C)CO[C@H]3[C@@H](O)[C@@]4(C)C5=CC[C@@H](c6ccoc6)[C@]5(C)[C@@H](OC(=O)/C=C/c5ccccc5)C[C@@H]4[C@]1(C)[C@@H]32. The van der Waals surface area contributed by atoms with Gasteiger partial charge in [0, 0.05) is 59.8 Å². The topological polar surface area (TPSA) is 122 Å². The molecule has 0 unspecified atom stereocenters. The summed E-state index contributed by atoms with van der Waals surface area (Å²) >= 11 is 0. The van der Waals surface area contributed by atoms with Gasteiger partial charge in [-0.2, -0.15) is 0 Å². The molecule has 4 fully saturated rings. The van der Waals surface area contributed by atoms with E-state index in [2.05, 4.69) is 33.8 Å². The largest absolute Gasteiger partial charge is 0.472 e. The molecule has 1 aromatic carbocycles. The molecule has 5 aliphatic rings. The van der Waals surface area contributed by atoms with Gasteiger partial charge in [-0.3, -0.25) is 9.59 Å². The summed E-state index contributed by atoms with van der Waals surface area (Å²) in [6, 6.07) is 11.6. The van der Waals surface area contributed by atoms with Gasteiger partial charge in [0.15, 0.2) is 0 Å². The van der Waals surface area contributed by atoms with Gasteiger partial charge in [0.05, 0.1) is 31.3 Å². The van der Waals surface area contributed by atoms with E-state index >= 15 is 0 Å². The summed E-state index contributed by atoms with van der Waals surface area (Å²) in [5.74, 6) is -1.95. The zero-order valence-electron chi connectivity index (χ0n) is 28.5. The number of aliphatic hydroxyl groups excluding tert-OH is 1. The second kappa shape index (κ2) is 11.4. The van der Waals surface area contributed by atoms with Gasteiger partial charge in [-0.1, -0.05) is 69.7 Å². The van der Waals surface area contributed by atoms with E-state index in [0.717, 1.165) is 16.7 Å². The maximum absolute atomic E-state index is 13.7. The first-order valence-corrected chi connectivity index (χ1v) is 17.1. The van der Waals surface area contributed by atoms with Gasteiger partial charge < -0.3 is 28.5 Å². The van der Waals surface area contributed by atoms with E-state index in [0.29, 0.717) is 25.9 Å². The summed E-state index contributed by atoms with van der Waals surface area (Å²) in [6.45, 7) is 11.5. The molecule has 1 aliphatic heterocycles. The Bertz CT molecular complexity index is 1650. The van der Waals surface area contributed by atoms with E-state index in [1.807, 2.05) is 36.4 Å². The molecule has 0 spiro atoms. The van der Waals surface area contributed by atoms with Crippen molar-refractivity contribution >= 4 is 24.0 Å². The molecule has 3 saturated carbocycles. The summed E-state index contributed by atoms with van der Waals surface area (Å²) in [5.41, 5.74) is 0.0529. The van der Waals surface area contributed by atoms with E-state index in [-0.39, 0.29) is 17.8 Å². The highest BCUT2D eigenvalue weighted by molar-refractivity contribution is 5.87. The Morgan fingerprint density at radius 2 is 1.60 bits per heavy atom. The molecule has 1 saturated heterocycles. The molecule has 48 heavy (non-hydrogen) atoms. The average Bonchev–Trinajstić information content (AvgIpc) is 3.78. The molecule has 256 valence electrons. The van der Waals surface area contributed by atoms with Gasteiger partial charge in [0.1, 0.15) is 18.3 Å². The lowest BCUT2D eigenvalue weighted by molar-refractivity contribution is -0.270. The second-order valence-corrected chi connectivity index (χ2v) is 15.5. The summed E-state index contributed by atoms with van der Waals surface area (Å²) < 4.78 is 30.7. The van der Waals surface area contributed by atoms with Crippen LogP contribution in [0.2, 0.25) is 0 Å². The lowest BCUT2D eigenvalue weighted by atomic mass is 9.36. The maximum atomic E-state index is 13.7. The predicted octanol–water partition coefficient (Wildman–Crippen LogP) is 6.02. The van der Waals surface area contributed by atoms with Gasteiger partial charge >= 0.3 is 17.9 Å². The van der Waals surface area contributed by atoms with Crippen molar-refractivity contribution < 1.29 is 42.9 Å². The van der Waals surface area contributed by atoms with Crippen molar-refractivity contribution in [2.45, 2.75) is 97.2 Å². The van der Waals surface area contributed by atoms with E-state index < -0.39 is 70.1 Å². The molecule has 2 aromatic rings. The Kier molecular flexibility index (Phi) is 7.83. The van der Waals surface area contributed by atoms with Gasteiger partial charge in [0.25, 0.3) is 0 Å². The number of carbonyl (C=O) groups excluding carboxylic acids is 3. The standard InChI is InChI=1S/C39H46O9/c1-22(40)46-29-19-31(47-23(2)41)39(6)28-18-30(48-32(42)15-12-24-10-8-7-9-11-24)37(4)26(25-16-17-44-20-25)13-14-27(37)38(28,5)35(43)33-34(39)36(29,3)21-45-33/h7-12,14-17,20,26,28-31,33-35,43H,13,18-19,21H2,1-6H3/b15-12+/t26-,28-,29+,30-,31-,33+,34-,35+,36+,37-,38-,39-/m0/s1. The number of rotatable bonds is 6. The lowest BCUT2D eigenvalue weighted by Gasteiger charge is -2.70. The second-order valence-electron chi connectivity index (χ2n) is 15.5. The van der Waals surface area contributed by atoms with E-state index in [9.17, 15) is 19.5 Å². The van der Waals surface area contributed by atoms with Gasteiger partial charge in [-0.15, -0.1) is 0 Å². The minimum Gasteiger partial charge on any atom is -0.472 e. The molecule has 2 heterocycles. The molecular formula is C39H46O9. The lowest BCUT2D eigenvalue weighted by Crippen LogP contribution is -2.74. The van der Waals surface area contributed by atoms with Crippen molar-refractivity contribution in [3.05, 3.63) is 77.8 Å². The molecule has 4 aliphatic carbocycles. The fourth-order valence-electron chi connectivity index (χ4n) is 11.2. The van der Waals surface area contributed by atoms with Gasteiger partial charge in [-0.05, 0) is 42.0 Å². The van der Waals surface area contributed by atoms with Crippen molar-refractivity contribution in [3.8, 4) is 0 Å². The number of furan rings is 1. The van der Waals surface area contributed by atoms with Crippen LogP contribution in [-0.4, -0.2) is 60.1 Å². The highest BCUT2D eigenvalue weighted by Crippen LogP contribution is 2.75. The number of carbonyl (C=O) groups is 3. The normalized spacial score (nSPS) is 42.7. The summed E-state index contributed by atoms with van der Waals surface area (Å²) in [5, 5.41) is 12.6. The maximum Gasteiger partial charge on any atom is 0.331 e. The summed E-state index contributed by atoms with van der Waals surface area (Å²) in [4.78, 5) is 38.7. The van der Waals surface area contributed by atoms with Crippen molar-refractivity contribution in [1.82, 2.24) is 0 Å². The molecule has 0 bridgehead atoms. The van der Waals surface area contributed by atoms with Crippen LogP contribution in [0.25, 0.3) is 6.08 Å². The third-order valence-electron chi connectivity index (χ3n) is 13.1. The van der Waals surface area contributed by atoms with Crippen LogP contribution in [0.1, 0.15) is 77.8 Å². The number of benzene rings is 1. The van der Waals surface area contributed by atoms with Crippen molar-refractivity contribution in [3.63, 3.8) is 0 Å². The number of aliphatic hydroxyl groups is 1. The Labute approximate surface area is 281 Å². The van der Waals surface area contributed by atoms with Crippen LogP contribution in [0.4, 0.5) is 0 Å². The first-order valence-electron chi connectivity index (χ1n) is 17.1. The summed E-state index contributed by atoms with van der Waals surface area (Å²) in [6.07, 6.45) is 6.97. The monoisotopic (exact) mass is 658 g/mol. The van der Waals surface area contributed by atoms with E-state index in [1.165, 1.54) is 19.9 Å². The molecule has 1 aromatic heterocycles. The van der Waals surface area contributed by atoms with Crippen molar-refractivity contribution in [1.29, 1.82) is 0 Å². The van der Waals surface area contributed by atoms with Crippen molar-refractivity contribution in [2.24, 2.45) is 33.5 Å². The van der Waals surface area contributed by atoms with Gasteiger partial charge in [0.2, 0.25) is 0 Å². The molecular weight excluding hydrogens is 612 g/mol. The summed E-state index contributed by atoms with van der Waals surface area (Å²) in [7, 11) is 0. The highest BCUT2D eigenvalue weighted by atomic mass is 16.6. The average molecular weight is 659 g/mol. The smallest absolute Gasteiger partial charge is 0.331 e. The highest BCUT2D eigenvalue weighted by Gasteiger charge is 2.78. The molecule has 0 amide bonds. The first-order chi connectivity index (χ1) is 22.7. The van der Waals surface area contributed by atoms with Crippen LogP contribution in [-0.2, 0) is 33.3 Å². The van der Waals surface area contributed by atoms with E-state index in [4.69, 9.17) is 23.4 Å². The Balaban J connectivity index is 1.35. The number of ether oxygens (including phenoxy) is 4. The van der Waals surface area contributed by atoms with Crippen LogP contribution in [0, 0.1) is 33.5 Å². The minimum absolute atomic E-state index is 0.0589. The number of allylic oxidation sites excluding steroid dienone is 1. The molecule has 0 radical (unpaired) electrons. The number of esters is 3. The van der Waals surface area contributed by atoms with Crippen LogP contribution >= 0.6 is 0 Å².